The van der Waals surface area contributed by atoms with Crippen LogP contribution in [0.15, 0.2) is 0 Å². The van der Waals surface area contributed by atoms with Crippen molar-refractivity contribution in [2.24, 2.45) is 0 Å². The van der Waals surface area contributed by atoms with Crippen LogP contribution in [0.25, 0.3) is 0 Å². The van der Waals surface area contributed by atoms with Crippen molar-refractivity contribution in [1.82, 2.24) is 10.4 Å². The summed E-state index contributed by atoms with van der Waals surface area (Å²) in [5, 5.41) is 12.7. The molecule has 1 atom stereocenters. The van der Waals surface area contributed by atoms with Gasteiger partial charge in [0.15, 0.2) is 0 Å². The number of nitrogens with one attached hydrogen (secondary N) is 1. The second kappa shape index (κ2) is 8.04. The lowest BCUT2D eigenvalue weighted by molar-refractivity contribution is -0.0373. The van der Waals surface area contributed by atoms with E-state index in [1.807, 2.05) is 19.1 Å². The van der Waals surface area contributed by atoms with Crippen molar-refractivity contribution in [3.8, 4) is 0 Å². The zero-order valence-corrected chi connectivity index (χ0v) is 11.7. The smallest absolute Gasteiger partial charge is 0.0813 e. The third-order valence-electron chi connectivity index (χ3n) is 3.01. The Hall–Kier alpha value is -0.120. The van der Waals surface area contributed by atoms with Crippen LogP contribution in [0, 0.1) is 0 Å². The van der Waals surface area contributed by atoms with E-state index in [-0.39, 0.29) is 6.04 Å². The van der Waals surface area contributed by atoms with Crippen LogP contribution in [0.3, 0.4) is 0 Å². The molecule has 0 rings (SSSR count). The van der Waals surface area contributed by atoms with Crippen molar-refractivity contribution < 1.29 is 5.11 Å². The minimum Gasteiger partial charge on any atom is -0.388 e. The lowest BCUT2D eigenvalue weighted by atomic mass is 9.83. The van der Waals surface area contributed by atoms with Crippen LogP contribution in [0.5, 0.6) is 0 Å². The van der Waals surface area contributed by atoms with Gasteiger partial charge < -0.3 is 5.11 Å². The first-order chi connectivity index (χ1) is 7.50. The maximum Gasteiger partial charge on any atom is 0.0813 e. The second-order valence-electron chi connectivity index (χ2n) is 4.97. The van der Waals surface area contributed by atoms with Crippen molar-refractivity contribution in [2.75, 3.05) is 14.1 Å². The van der Waals surface area contributed by atoms with E-state index in [9.17, 15) is 5.11 Å². The average molecular weight is 230 g/mol. The minimum absolute atomic E-state index is 0.174. The van der Waals surface area contributed by atoms with Crippen LogP contribution in [0.1, 0.15) is 59.3 Å². The van der Waals surface area contributed by atoms with Crippen molar-refractivity contribution in [3.63, 3.8) is 0 Å². The predicted octanol–water partition coefficient (Wildman–Crippen LogP) is 2.55. The van der Waals surface area contributed by atoms with Crippen molar-refractivity contribution in [1.29, 1.82) is 0 Å². The molecule has 0 aliphatic heterocycles. The van der Waals surface area contributed by atoms with E-state index >= 15 is 0 Å². The molecule has 2 N–H and O–H groups in total. The normalized spacial score (nSPS) is 14.4. The van der Waals surface area contributed by atoms with Gasteiger partial charge >= 0.3 is 0 Å². The quantitative estimate of drug-likeness (QED) is 0.598. The molecule has 16 heavy (non-hydrogen) atoms. The monoisotopic (exact) mass is 230 g/mol. The van der Waals surface area contributed by atoms with Gasteiger partial charge in [-0.1, -0.05) is 40.0 Å². The fourth-order valence-electron chi connectivity index (χ4n) is 2.39. The van der Waals surface area contributed by atoms with Gasteiger partial charge in [-0.2, -0.15) is 0 Å². The largest absolute Gasteiger partial charge is 0.388 e. The molecule has 0 fully saturated rings. The SMILES string of the molecule is CCCC(NN(C)C)C(O)(CCC)CCC. The Labute approximate surface area is 101 Å². The highest BCUT2D eigenvalue weighted by Gasteiger charge is 2.34. The maximum absolute atomic E-state index is 10.8. The fraction of sp³-hybridized carbons (Fsp3) is 1.00. The van der Waals surface area contributed by atoms with Crippen LogP contribution in [0.4, 0.5) is 0 Å². The lowest BCUT2D eigenvalue weighted by Crippen LogP contribution is -2.54. The average Bonchev–Trinajstić information content (AvgIpc) is 2.17. The molecule has 0 aromatic heterocycles. The molecular formula is C13H30N2O. The van der Waals surface area contributed by atoms with Gasteiger partial charge in [0.1, 0.15) is 0 Å². The molecule has 0 radical (unpaired) electrons. The molecule has 3 nitrogen and oxygen atoms in total. The molecule has 0 saturated heterocycles. The second-order valence-corrected chi connectivity index (χ2v) is 4.97. The Balaban J connectivity index is 4.62. The highest BCUT2D eigenvalue weighted by Crippen LogP contribution is 2.26. The molecule has 0 amide bonds. The van der Waals surface area contributed by atoms with Gasteiger partial charge in [0.2, 0.25) is 0 Å². The molecule has 0 spiro atoms. The standard InChI is InChI=1S/C13H30N2O/c1-6-9-12(14-15(4)5)13(16,10-7-2)11-8-3/h12,14,16H,6-11H2,1-5H3. The summed E-state index contributed by atoms with van der Waals surface area (Å²) in [6.07, 6.45) is 5.95. The molecule has 98 valence electrons. The molecule has 0 aromatic carbocycles. The number of nitrogens with zero attached hydrogens (tertiary/aromatic N) is 1. The van der Waals surface area contributed by atoms with E-state index < -0.39 is 5.60 Å². The fourth-order valence-corrected chi connectivity index (χ4v) is 2.39. The molecule has 0 aliphatic rings. The van der Waals surface area contributed by atoms with E-state index in [0.717, 1.165) is 38.5 Å². The topological polar surface area (TPSA) is 35.5 Å². The van der Waals surface area contributed by atoms with E-state index in [2.05, 4.69) is 26.2 Å². The first kappa shape index (κ1) is 15.9. The molecule has 0 saturated carbocycles. The molecular weight excluding hydrogens is 200 g/mol. The van der Waals surface area contributed by atoms with Crippen molar-refractivity contribution >= 4 is 0 Å². The van der Waals surface area contributed by atoms with Gasteiger partial charge in [0.05, 0.1) is 11.6 Å². The first-order valence-electron chi connectivity index (χ1n) is 6.66. The molecule has 0 aliphatic carbocycles. The minimum atomic E-state index is -0.552. The highest BCUT2D eigenvalue weighted by molar-refractivity contribution is 4.90. The highest BCUT2D eigenvalue weighted by atomic mass is 16.3. The predicted molar refractivity (Wildman–Crippen MR) is 70.3 cm³/mol. The van der Waals surface area contributed by atoms with Gasteiger partial charge in [0, 0.05) is 14.1 Å². The maximum atomic E-state index is 10.8. The Kier molecular flexibility index (Phi) is 7.98. The van der Waals surface area contributed by atoms with Gasteiger partial charge in [0.25, 0.3) is 0 Å². The third-order valence-corrected chi connectivity index (χ3v) is 3.01. The zero-order chi connectivity index (χ0) is 12.6. The van der Waals surface area contributed by atoms with Gasteiger partial charge in [-0.25, -0.2) is 5.43 Å². The van der Waals surface area contributed by atoms with Crippen LogP contribution in [-0.2, 0) is 0 Å². The third kappa shape index (κ3) is 5.28. The first-order valence-corrected chi connectivity index (χ1v) is 6.66. The molecule has 0 bridgehead atoms. The summed E-state index contributed by atoms with van der Waals surface area (Å²) in [5.74, 6) is 0. The number of aliphatic hydroxyl groups is 1. The number of hydrazine groups is 1. The Morgan fingerprint density at radius 2 is 1.56 bits per heavy atom. The van der Waals surface area contributed by atoms with Crippen LogP contribution < -0.4 is 5.43 Å². The Morgan fingerprint density at radius 3 is 1.88 bits per heavy atom. The molecule has 3 heteroatoms. The van der Waals surface area contributed by atoms with Gasteiger partial charge in [-0.3, -0.25) is 5.01 Å². The molecule has 0 aromatic rings. The summed E-state index contributed by atoms with van der Waals surface area (Å²) < 4.78 is 0. The van der Waals surface area contributed by atoms with Gasteiger partial charge in [-0.05, 0) is 19.3 Å². The van der Waals surface area contributed by atoms with E-state index in [4.69, 9.17) is 0 Å². The van der Waals surface area contributed by atoms with E-state index in [1.54, 1.807) is 0 Å². The summed E-state index contributed by atoms with van der Waals surface area (Å²) in [4.78, 5) is 0. The summed E-state index contributed by atoms with van der Waals surface area (Å²) in [6, 6.07) is 0.174. The van der Waals surface area contributed by atoms with Crippen molar-refractivity contribution in [3.05, 3.63) is 0 Å². The summed E-state index contributed by atoms with van der Waals surface area (Å²) in [5.41, 5.74) is 2.82. The number of rotatable bonds is 9. The summed E-state index contributed by atoms with van der Waals surface area (Å²) in [7, 11) is 3.97. The van der Waals surface area contributed by atoms with Crippen LogP contribution in [0.2, 0.25) is 0 Å². The molecule has 1 unspecified atom stereocenters. The number of hydrogen-bond donors (Lipinski definition) is 2. The van der Waals surface area contributed by atoms with Crippen molar-refractivity contribution in [2.45, 2.75) is 70.9 Å². The van der Waals surface area contributed by atoms with E-state index in [0.29, 0.717) is 0 Å². The zero-order valence-electron chi connectivity index (χ0n) is 11.7. The lowest BCUT2D eigenvalue weighted by Gasteiger charge is -2.38. The Bertz CT molecular complexity index is 165. The van der Waals surface area contributed by atoms with E-state index in [1.165, 1.54) is 0 Å². The summed E-state index contributed by atoms with van der Waals surface area (Å²) >= 11 is 0. The molecule has 0 heterocycles. The summed E-state index contributed by atoms with van der Waals surface area (Å²) in [6.45, 7) is 6.45. The van der Waals surface area contributed by atoms with Gasteiger partial charge in [-0.15, -0.1) is 0 Å². The van der Waals surface area contributed by atoms with Crippen LogP contribution in [-0.4, -0.2) is 35.9 Å². The number of hydrogen-bond acceptors (Lipinski definition) is 3. The van der Waals surface area contributed by atoms with Crippen LogP contribution >= 0.6 is 0 Å². The Morgan fingerprint density at radius 1 is 1.06 bits per heavy atom.